The zero-order valence-corrected chi connectivity index (χ0v) is 11.0. The molecule has 0 saturated heterocycles. The summed E-state index contributed by atoms with van der Waals surface area (Å²) in [5.41, 5.74) is 2.69. The van der Waals surface area contributed by atoms with Crippen LogP contribution < -0.4 is 10.1 Å². The third-order valence-corrected chi connectivity index (χ3v) is 3.55. The van der Waals surface area contributed by atoms with Crippen molar-refractivity contribution >= 4 is 5.97 Å². The standard InChI is InChI=1S/C14H15N3O3/c1-20-9-4-2-8(3-5-9)12-13-10(15-7-16-13)6-11(17-12)14(18)19/h2-5,7,11-12,17H,6H2,1H3,(H,15,16)(H,18,19)/t11-,12+/m1/s1. The van der Waals surface area contributed by atoms with E-state index in [-0.39, 0.29) is 6.04 Å². The summed E-state index contributed by atoms with van der Waals surface area (Å²) in [6, 6.07) is 6.70. The van der Waals surface area contributed by atoms with Gasteiger partial charge >= 0.3 is 5.97 Å². The van der Waals surface area contributed by atoms with Crippen molar-refractivity contribution in [3.8, 4) is 5.75 Å². The molecule has 1 aromatic carbocycles. The van der Waals surface area contributed by atoms with Gasteiger partial charge < -0.3 is 14.8 Å². The molecule has 2 aromatic rings. The van der Waals surface area contributed by atoms with Crippen molar-refractivity contribution in [1.82, 2.24) is 15.3 Å². The average molecular weight is 273 g/mol. The number of carboxylic acid groups (broad SMARTS) is 1. The molecule has 0 fully saturated rings. The SMILES string of the molecule is COc1ccc([C@@H]2N[C@@H](C(=O)O)Cc3[nH]cnc32)cc1. The number of benzene rings is 1. The molecular formula is C14H15N3O3. The number of methoxy groups -OCH3 is 1. The van der Waals surface area contributed by atoms with Crippen molar-refractivity contribution in [2.45, 2.75) is 18.5 Å². The molecule has 1 aliphatic heterocycles. The van der Waals surface area contributed by atoms with Crippen molar-refractivity contribution in [1.29, 1.82) is 0 Å². The third-order valence-electron chi connectivity index (χ3n) is 3.55. The third kappa shape index (κ3) is 2.14. The number of fused-ring (bicyclic) bond motifs is 1. The van der Waals surface area contributed by atoms with E-state index in [2.05, 4.69) is 15.3 Å². The van der Waals surface area contributed by atoms with Crippen LogP contribution in [0.3, 0.4) is 0 Å². The monoisotopic (exact) mass is 273 g/mol. The minimum absolute atomic E-state index is 0.225. The summed E-state index contributed by atoms with van der Waals surface area (Å²) in [5.74, 6) is -0.0923. The van der Waals surface area contributed by atoms with Crippen LogP contribution in [0.25, 0.3) is 0 Å². The Morgan fingerprint density at radius 3 is 2.80 bits per heavy atom. The van der Waals surface area contributed by atoms with Crippen LogP contribution in [0.1, 0.15) is 23.0 Å². The number of hydrogen-bond donors (Lipinski definition) is 3. The van der Waals surface area contributed by atoms with E-state index in [4.69, 9.17) is 4.74 Å². The molecule has 104 valence electrons. The van der Waals surface area contributed by atoms with Gasteiger partial charge in [-0.25, -0.2) is 4.98 Å². The highest BCUT2D eigenvalue weighted by atomic mass is 16.5. The Labute approximate surface area is 115 Å². The second-order valence-corrected chi connectivity index (χ2v) is 4.73. The maximum Gasteiger partial charge on any atom is 0.321 e. The fraction of sp³-hybridized carbons (Fsp3) is 0.286. The molecule has 0 aliphatic carbocycles. The van der Waals surface area contributed by atoms with E-state index in [0.29, 0.717) is 6.42 Å². The van der Waals surface area contributed by atoms with Crippen LogP contribution in [-0.4, -0.2) is 34.2 Å². The molecule has 0 unspecified atom stereocenters. The quantitative estimate of drug-likeness (QED) is 0.779. The van der Waals surface area contributed by atoms with Crippen LogP contribution in [0.4, 0.5) is 0 Å². The number of hydrogen-bond acceptors (Lipinski definition) is 4. The predicted octanol–water partition coefficient (Wildman–Crippen LogP) is 1.11. The van der Waals surface area contributed by atoms with Crippen LogP contribution >= 0.6 is 0 Å². The number of aliphatic carboxylic acids is 1. The molecule has 0 bridgehead atoms. The average Bonchev–Trinajstić information content (AvgIpc) is 2.94. The van der Waals surface area contributed by atoms with Crippen LogP contribution in [-0.2, 0) is 11.2 Å². The van der Waals surface area contributed by atoms with E-state index in [1.807, 2.05) is 24.3 Å². The first-order chi connectivity index (χ1) is 9.69. The molecular weight excluding hydrogens is 258 g/mol. The molecule has 6 heteroatoms. The number of H-pyrrole nitrogens is 1. The Bertz CT molecular complexity index is 621. The molecule has 20 heavy (non-hydrogen) atoms. The van der Waals surface area contributed by atoms with Gasteiger partial charge in [-0.3, -0.25) is 10.1 Å². The van der Waals surface area contributed by atoms with E-state index in [0.717, 1.165) is 22.7 Å². The number of aromatic nitrogens is 2. The first kappa shape index (κ1) is 12.7. The summed E-state index contributed by atoms with van der Waals surface area (Å²) >= 11 is 0. The van der Waals surface area contributed by atoms with Crippen LogP contribution in [0.15, 0.2) is 30.6 Å². The molecule has 3 N–H and O–H groups in total. The molecule has 0 saturated carbocycles. The van der Waals surface area contributed by atoms with Gasteiger partial charge in [0.15, 0.2) is 0 Å². The smallest absolute Gasteiger partial charge is 0.321 e. The molecule has 0 amide bonds. The number of ether oxygens (including phenoxy) is 1. The fourth-order valence-electron chi connectivity index (χ4n) is 2.50. The minimum atomic E-state index is -0.858. The highest BCUT2D eigenvalue weighted by Gasteiger charge is 2.32. The van der Waals surface area contributed by atoms with Gasteiger partial charge in [-0.2, -0.15) is 0 Å². The number of nitrogens with one attached hydrogen (secondary N) is 2. The van der Waals surface area contributed by atoms with Crippen molar-refractivity contribution in [3.63, 3.8) is 0 Å². The summed E-state index contributed by atoms with van der Waals surface area (Å²) < 4.78 is 5.13. The normalized spacial score (nSPS) is 21.2. The highest BCUT2D eigenvalue weighted by molar-refractivity contribution is 5.74. The lowest BCUT2D eigenvalue weighted by Crippen LogP contribution is -2.45. The summed E-state index contributed by atoms with van der Waals surface area (Å²) in [6.45, 7) is 0. The second kappa shape index (κ2) is 4.97. The zero-order chi connectivity index (χ0) is 14.1. The van der Waals surface area contributed by atoms with Crippen molar-refractivity contribution in [3.05, 3.63) is 47.5 Å². The highest BCUT2D eigenvalue weighted by Crippen LogP contribution is 2.29. The second-order valence-electron chi connectivity index (χ2n) is 4.73. The lowest BCUT2D eigenvalue weighted by atomic mass is 9.94. The van der Waals surface area contributed by atoms with Crippen molar-refractivity contribution in [2.24, 2.45) is 0 Å². The van der Waals surface area contributed by atoms with E-state index in [9.17, 15) is 9.90 Å². The van der Waals surface area contributed by atoms with E-state index in [1.54, 1.807) is 13.4 Å². The lowest BCUT2D eigenvalue weighted by molar-refractivity contribution is -0.139. The zero-order valence-electron chi connectivity index (χ0n) is 11.0. The summed E-state index contributed by atoms with van der Waals surface area (Å²) in [4.78, 5) is 18.6. The predicted molar refractivity (Wildman–Crippen MR) is 71.7 cm³/mol. The molecule has 0 radical (unpaired) electrons. The molecule has 1 aliphatic rings. The van der Waals surface area contributed by atoms with Crippen LogP contribution in [0.5, 0.6) is 5.75 Å². The summed E-state index contributed by atoms with van der Waals surface area (Å²) in [7, 11) is 1.61. The van der Waals surface area contributed by atoms with Gasteiger partial charge in [0, 0.05) is 12.1 Å². The Morgan fingerprint density at radius 1 is 1.40 bits per heavy atom. The van der Waals surface area contributed by atoms with Crippen molar-refractivity contribution < 1.29 is 14.6 Å². The molecule has 0 spiro atoms. The van der Waals surface area contributed by atoms with E-state index >= 15 is 0 Å². The number of carbonyl (C=O) groups is 1. The Balaban J connectivity index is 1.97. The van der Waals surface area contributed by atoms with Gasteiger partial charge in [0.1, 0.15) is 11.8 Å². The Hall–Kier alpha value is -2.34. The number of rotatable bonds is 3. The number of carboxylic acids is 1. The first-order valence-electron chi connectivity index (χ1n) is 6.34. The number of aromatic amines is 1. The minimum Gasteiger partial charge on any atom is -0.497 e. The number of nitrogens with zero attached hydrogens (tertiary/aromatic N) is 1. The van der Waals surface area contributed by atoms with E-state index < -0.39 is 12.0 Å². The van der Waals surface area contributed by atoms with Gasteiger partial charge in [0.2, 0.25) is 0 Å². The maximum absolute atomic E-state index is 11.2. The van der Waals surface area contributed by atoms with Gasteiger partial charge in [-0.1, -0.05) is 12.1 Å². The Morgan fingerprint density at radius 2 is 2.15 bits per heavy atom. The molecule has 2 heterocycles. The summed E-state index contributed by atoms with van der Waals surface area (Å²) in [5, 5.41) is 12.4. The molecule has 1 aromatic heterocycles. The number of imidazole rings is 1. The van der Waals surface area contributed by atoms with Gasteiger partial charge in [0.05, 0.1) is 25.2 Å². The van der Waals surface area contributed by atoms with Gasteiger partial charge in [0.25, 0.3) is 0 Å². The molecule has 3 rings (SSSR count). The Kier molecular flexibility index (Phi) is 3.15. The summed E-state index contributed by atoms with van der Waals surface area (Å²) in [6.07, 6.45) is 2.02. The lowest BCUT2D eigenvalue weighted by Gasteiger charge is -2.28. The van der Waals surface area contributed by atoms with E-state index in [1.165, 1.54) is 0 Å². The van der Waals surface area contributed by atoms with Gasteiger partial charge in [-0.05, 0) is 17.7 Å². The fourth-order valence-corrected chi connectivity index (χ4v) is 2.50. The molecule has 2 atom stereocenters. The maximum atomic E-state index is 11.2. The van der Waals surface area contributed by atoms with Crippen LogP contribution in [0.2, 0.25) is 0 Å². The van der Waals surface area contributed by atoms with Crippen LogP contribution in [0, 0.1) is 0 Å². The topological polar surface area (TPSA) is 87.2 Å². The van der Waals surface area contributed by atoms with Gasteiger partial charge in [-0.15, -0.1) is 0 Å². The molecule has 6 nitrogen and oxygen atoms in total. The largest absolute Gasteiger partial charge is 0.497 e. The first-order valence-corrected chi connectivity index (χ1v) is 6.34. The van der Waals surface area contributed by atoms with Crippen molar-refractivity contribution in [2.75, 3.05) is 7.11 Å².